The quantitative estimate of drug-likeness (QED) is 0.396. The monoisotopic (exact) mass is 355 g/mol. The van der Waals surface area contributed by atoms with Gasteiger partial charge < -0.3 is 0 Å². The Morgan fingerprint density at radius 1 is 0.692 bits per heavy atom. The van der Waals surface area contributed by atoms with Crippen LogP contribution in [-0.4, -0.2) is 14.4 Å². The minimum absolute atomic E-state index is 0.683. The van der Waals surface area contributed by atoms with Crippen molar-refractivity contribution in [2.24, 2.45) is 0 Å². The van der Waals surface area contributed by atoms with Gasteiger partial charge in [0.25, 0.3) is 0 Å². The Bertz CT molecular complexity index is 1240. The van der Waals surface area contributed by atoms with E-state index in [2.05, 4.69) is 34.7 Å². The molecule has 0 unspecified atom stereocenters. The molecule has 5 aromatic rings. The molecule has 5 rings (SSSR count). The second-order valence-corrected chi connectivity index (χ2v) is 6.58. The summed E-state index contributed by atoms with van der Waals surface area (Å²) in [4.78, 5) is 9.54. The summed E-state index contributed by atoms with van der Waals surface area (Å²) in [6.45, 7) is 0. The predicted octanol–water partition coefficient (Wildman–Crippen LogP) is 5.87. The Kier molecular flexibility index (Phi) is 3.47. The van der Waals surface area contributed by atoms with E-state index in [0.717, 1.165) is 33.5 Å². The highest BCUT2D eigenvalue weighted by Gasteiger charge is 2.14. The van der Waals surface area contributed by atoms with E-state index in [4.69, 9.17) is 21.6 Å². The maximum atomic E-state index is 6.25. The Labute approximate surface area is 155 Å². The molecule has 0 radical (unpaired) electrons. The lowest BCUT2D eigenvalue weighted by Gasteiger charge is -2.10. The van der Waals surface area contributed by atoms with E-state index in [9.17, 15) is 0 Å². The van der Waals surface area contributed by atoms with Crippen LogP contribution < -0.4 is 0 Å². The maximum absolute atomic E-state index is 6.25. The third kappa shape index (κ3) is 2.45. The topological polar surface area (TPSA) is 30.2 Å². The molecule has 0 N–H and O–H groups in total. The van der Waals surface area contributed by atoms with Crippen molar-refractivity contribution in [3.05, 3.63) is 90.0 Å². The maximum Gasteiger partial charge on any atom is 0.235 e. The van der Waals surface area contributed by atoms with Crippen molar-refractivity contribution in [2.45, 2.75) is 0 Å². The molecule has 0 aliphatic rings. The van der Waals surface area contributed by atoms with E-state index in [1.54, 1.807) is 0 Å². The van der Waals surface area contributed by atoms with Gasteiger partial charge in [-0.2, -0.15) is 0 Å². The zero-order valence-corrected chi connectivity index (χ0v) is 14.6. The van der Waals surface area contributed by atoms with Crippen LogP contribution in [0, 0.1) is 0 Å². The molecule has 0 saturated carbocycles. The average Bonchev–Trinajstić information content (AvgIpc) is 3.06. The summed E-state index contributed by atoms with van der Waals surface area (Å²) < 4.78 is 2.09. The molecule has 0 spiro atoms. The first-order valence-corrected chi connectivity index (χ1v) is 8.77. The van der Waals surface area contributed by atoms with E-state index in [0.29, 0.717) is 10.8 Å². The Morgan fingerprint density at radius 2 is 1.46 bits per heavy atom. The zero-order valence-electron chi connectivity index (χ0n) is 13.8. The van der Waals surface area contributed by atoms with Crippen LogP contribution in [0.5, 0.6) is 0 Å². The fourth-order valence-electron chi connectivity index (χ4n) is 3.28. The fraction of sp³-hybridized carbons (Fsp3) is 0. The molecule has 0 amide bonds. The molecule has 4 heteroatoms. The molecular weight excluding hydrogens is 342 g/mol. The lowest BCUT2D eigenvalue weighted by molar-refractivity contribution is 1.14. The predicted molar refractivity (Wildman–Crippen MR) is 106 cm³/mol. The van der Waals surface area contributed by atoms with Crippen LogP contribution in [0.2, 0.25) is 5.02 Å². The SMILES string of the molecule is Clc1cccc(-c2cc(-c3ccccc3)nc3nc4ccccc4n23)c1. The van der Waals surface area contributed by atoms with Gasteiger partial charge in [-0.25, -0.2) is 9.97 Å². The smallest absolute Gasteiger partial charge is 0.235 e. The van der Waals surface area contributed by atoms with E-state index < -0.39 is 0 Å². The minimum atomic E-state index is 0.683. The van der Waals surface area contributed by atoms with Gasteiger partial charge in [0.05, 0.1) is 22.4 Å². The van der Waals surface area contributed by atoms with Gasteiger partial charge in [0.2, 0.25) is 5.78 Å². The third-order valence-corrected chi connectivity index (χ3v) is 4.70. The minimum Gasteiger partial charge on any atom is -0.276 e. The van der Waals surface area contributed by atoms with Gasteiger partial charge in [-0.15, -0.1) is 0 Å². The number of rotatable bonds is 2. The van der Waals surface area contributed by atoms with E-state index >= 15 is 0 Å². The van der Waals surface area contributed by atoms with Crippen molar-refractivity contribution in [3.8, 4) is 22.5 Å². The van der Waals surface area contributed by atoms with Crippen LogP contribution >= 0.6 is 11.6 Å². The third-order valence-electron chi connectivity index (χ3n) is 4.47. The zero-order chi connectivity index (χ0) is 17.5. The molecule has 124 valence electrons. The summed E-state index contributed by atoms with van der Waals surface area (Å²) in [7, 11) is 0. The summed E-state index contributed by atoms with van der Waals surface area (Å²) in [5.74, 6) is 0.683. The molecule has 26 heavy (non-hydrogen) atoms. The van der Waals surface area contributed by atoms with Gasteiger partial charge in [0.1, 0.15) is 0 Å². The number of imidazole rings is 1. The molecule has 2 heterocycles. The standard InChI is InChI=1S/C22H14ClN3/c23-17-10-6-9-16(13-17)21-14-19(15-7-2-1-3-8-15)25-22-24-18-11-4-5-12-20(18)26(21)22/h1-14H. The summed E-state index contributed by atoms with van der Waals surface area (Å²) >= 11 is 6.25. The van der Waals surface area contributed by atoms with Crippen LogP contribution in [-0.2, 0) is 0 Å². The van der Waals surface area contributed by atoms with Crippen molar-refractivity contribution < 1.29 is 0 Å². The first kappa shape index (κ1) is 15.1. The van der Waals surface area contributed by atoms with Gasteiger partial charge in [-0.3, -0.25) is 4.40 Å². The molecule has 0 aliphatic heterocycles. The highest BCUT2D eigenvalue weighted by Crippen LogP contribution is 2.30. The van der Waals surface area contributed by atoms with Gasteiger partial charge >= 0.3 is 0 Å². The average molecular weight is 356 g/mol. The van der Waals surface area contributed by atoms with Gasteiger partial charge in [0, 0.05) is 16.1 Å². The summed E-state index contributed by atoms with van der Waals surface area (Å²) in [6, 6.07) is 28.2. The number of para-hydroxylation sites is 2. The fourth-order valence-corrected chi connectivity index (χ4v) is 3.47. The number of hydrogen-bond acceptors (Lipinski definition) is 2. The van der Waals surface area contributed by atoms with E-state index in [1.165, 1.54) is 0 Å². The Hall–Kier alpha value is -3.17. The van der Waals surface area contributed by atoms with Crippen LogP contribution in [0.25, 0.3) is 39.3 Å². The molecule has 0 saturated heterocycles. The van der Waals surface area contributed by atoms with Gasteiger partial charge in [0.15, 0.2) is 0 Å². The van der Waals surface area contributed by atoms with E-state index in [1.807, 2.05) is 54.6 Å². The second kappa shape index (κ2) is 5.97. The lowest BCUT2D eigenvalue weighted by Crippen LogP contribution is -1.97. The lowest BCUT2D eigenvalue weighted by atomic mass is 10.1. The van der Waals surface area contributed by atoms with Crippen molar-refractivity contribution in [3.63, 3.8) is 0 Å². The van der Waals surface area contributed by atoms with Crippen LogP contribution in [0.3, 0.4) is 0 Å². The molecule has 2 aromatic heterocycles. The van der Waals surface area contributed by atoms with Crippen LogP contribution in [0.4, 0.5) is 0 Å². The summed E-state index contributed by atoms with van der Waals surface area (Å²) in [5, 5.41) is 0.707. The number of aromatic nitrogens is 3. The Balaban J connectivity index is 1.90. The van der Waals surface area contributed by atoms with Gasteiger partial charge in [-0.05, 0) is 30.3 Å². The van der Waals surface area contributed by atoms with Crippen molar-refractivity contribution in [1.82, 2.24) is 14.4 Å². The number of nitrogens with zero attached hydrogens (tertiary/aromatic N) is 3. The first-order chi connectivity index (χ1) is 12.8. The molecule has 0 atom stereocenters. The molecule has 0 bridgehead atoms. The largest absolute Gasteiger partial charge is 0.276 e. The van der Waals surface area contributed by atoms with Gasteiger partial charge in [-0.1, -0.05) is 66.2 Å². The number of hydrogen-bond donors (Lipinski definition) is 0. The second-order valence-electron chi connectivity index (χ2n) is 6.14. The number of halogens is 1. The van der Waals surface area contributed by atoms with Crippen molar-refractivity contribution in [2.75, 3.05) is 0 Å². The molecule has 3 aromatic carbocycles. The van der Waals surface area contributed by atoms with Crippen LogP contribution in [0.1, 0.15) is 0 Å². The Morgan fingerprint density at radius 3 is 2.31 bits per heavy atom. The molecule has 0 fully saturated rings. The molecule has 3 nitrogen and oxygen atoms in total. The number of fused-ring (bicyclic) bond motifs is 3. The highest BCUT2D eigenvalue weighted by molar-refractivity contribution is 6.30. The molecule has 0 aliphatic carbocycles. The van der Waals surface area contributed by atoms with E-state index in [-0.39, 0.29) is 0 Å². The summed E-state index contributed by atoms with van der Waals surface area (Å²) in [6.07, 6.45) is 0. The van der Waals surface area contributed by atoms with Crippen LogP contribution in [0.15, 0.2) is 84.9 Å². The molecular formula is C22H14ClN3. The first-order valence-electron chi connectivity index (χ1n) is 8.39. The normalized spacial score (nSPS) is 11.3. The van der Waals surface area contributed by atoms with Crippen molar-refractivity contribution in [1.29, 1.82) is 0 Å². The van der Waals surface area contributed by atoms with Crippen molar-refractivity contribution >= 4 is 28.4 Å². The highest BCUT2D eigenvalue weighted by atomic mass is 35.5. The number of benzene rings is 3. The summed E-state index contributed by atoms with van der Waals surface area (Å²) in [5.41, 5.74) is 5.96.